The van der Waals surface area contributed by atoms with Crippen molar-refractivity contribution in [3.8, 4) is 17.0 Å². The van der Waals surface area contributed by atoms with E-state index in [9.17, 15) is 4.79 Å². The minimum Gasteiger partial charge on any atom is -0.496 e. The monoisotopic (exact) mass is 420 g/mol. The number of amides is 1. The maximum atomic E-state index is 13.2. The zero-order valence-corrected chi connectivity index (χ0v) is 18.3. The van der Waals surface area contributed by atoms with Crippen LogP contribution >= 0.6 is 11.3 Å². The maximum Gasteiger partial charge on any atom is 0.279 e. The molecule has 1 aliphatic rings. The summed E-state index contributed by atoms with van der Waals surface area (Å²) in [5.74, 6) is 0.646. The Morgan fingerprint density at radius 2 is 1.77 bits per heavy atom. The van der Waals surface area contributed by atoms with Crippen LogP contribution in [0.25, 0.3) is 11.3 Å². The lowest BCUT2D eigenvalue weighted by molar-refractivity contribution is -0.112. The lowest BCUT2D eigenvalue weighted by Gasteiger charge is -2.13. The van der Waals surface area contributed by atoms with Crippen molar-refractivity contribution in [3.05, 3.63) is 64.3 Å². The van der Waals surface area contributed by atoms with Crippen molar-refractivity contribution >= 4 is 28.6 Å². The van der Waals surface area contributed by atoms with E-state index in [1.54, 1.807) is 16.7 Å². The second-order valence-corrected chi connectivity index (χ2v) is 7.99. The molecule has 0 unspecified atom stereocenters. The van der Waals surface area contributed by atoms with Gasteiger partial charge in [-0.15, -0.1) is 11.3 Å². The molecule has 4 rings (SSSR count). The zero-order chi connectivity index (χ0) is 21.3. The van der Waals surface area contributed by atoms with Crippen LogP contribution < -0.4 is 14.4 Å². The molecular weight excluding hydrogens is 396 g/mol. The summed E-state index contributed by atoms with van der Waals surface area (Å²) in [6.07, 6.45) is 0. The summed E-state index contributed by atoms with van der Waals surface area (Å²) in [7, 11) is 1.65. The number of likely N-dealkylation sites (N-methyl/N-ethyl adjacent to an activating group) is 1. The molecule has 0 N–H and O–H groups in total. The van der Waals surface area contributed by atoms with Gasteiger partial charge in [-0.25, -0.2) is 4.68 Å². The highest BCUT2D eigenvalue weighted by molar-refractivity contribution is 7.07. The summed E-state index contributed by atoms with van der Waals surface area (Å²) in [5.41, 5.74) is 3.89. The molecule has 0 saturated carbocycles. The predicted octanol–water partition coefficient (Wildman–Crippen LogP) is 4.15. The highest BCUT2D eigenvalue weighted by Gasteiger charge is 2.33. The number of hydrogen-bond acceptors (Lipinski definition) is 5. The van der Waals surface area contributed by atoms with Gasteiger partial charge in [0.05, 0.1) is 18.5 Å². The second kappa shape index (κ2) is 8.28. The minimum atomic E-state index is -0.0983. The summed E-state index contributed by atoms with van der Waals surface area (Å²) in [4.78, 5) is 20.4. The highest BCUT2D eigenvalue weighted by Crippen LogP contribution is 2.32. The summed E-state index contributed by atoms with van der Waals surface area (Å²) < 4.78 is 7.33. The van der Waals surface area contributed by atoms with Gasteiger partial charge in [-0.2, -0.15) is 5.10 Å². The van der Waals surface area contributed by atoms with E-state index in [1.165, 1.54) is 11.3 Å². The van der Waals surface area contributed by atoms with Gasteiger partial charge < -0.3 is 9.64 Å². The van der Waals surface area contributed by atoms with Crippen LogP contribution in [-0.2, 0) is 4.79 Å². The molecule has 0 saturated heterocycles. The number of para-hydroxylation sites is 2. The Bertz CT molecular complexity index is 1190. The number of carbonyl (C=O) groups is 1. The lowest BCUT2D eigenvalue weighted by atomic mass is 10.1. The van der Waals surface area contributed by atoms with Gasteiger partial charge in [0.2, 0.25) is 4.80 Å². The predicted molar refractivity (Wildman–Crippen MR) is 121 cm³/mol. The standard InChI is InChI=1S/C23H24N4O2S/c1-5-26-18-12-8-6-11-17(18)21(22(26)28)25-27-19(14-30-23(27)24-15(2)3)16-10-7-9-13-20(16)29-4/h6-15H,5H2,1-4H3. The van der Waals surface area contributed by atoms with Gasteiger partial charge in [0, 0.05) is 29.1 Å². The number of ether oxygens (including phenoxy) is 1. The van der Waals surface area contributed by atoms with Gasteiger partial charge in [-0.3, -0.25) is 9.79 Å². The van der Waals surface area contributed by atoms with Crippen LogP contribution in [0.15, 0.2) is 64.0 Å². The first-order valence-corrected chi connectivity index (χ1v) is 10.8. The molecule has 0 aliphatic carbocycles. The van der Waals surface area contributed by atoms with Crippen LogP contribution in [0.3, 0.4) is 0 Å². The third-order valence-corrected chi connectivity index (χ3v) is 5.68. The number of rotatable bonds is 5. The summed E-state index contributed by atoms with van der Waals surface area (Å²) >= 11 is 1.50. The van der Waals surface area contributed by atoms with Crippen molar-refractivity contribution < 1.29 is 9.53 Å². The molecule has 0 bridgehead atoms. The first-order chi connectivity index (χ1) is 14.5. The molecule has 2 aromatic carbocycles. The Labute approximate surface area is 179 Å². The van der Waals surface area contributed by atoms with Crippen LogP contribution in [0.5, 0.6) is 5.75 Å². The van der Waals surface area contributed by atoms with Crippen LogP contribution in [0, 0.1) is 0 Å². The fourth-order valence-corrected chi connectivity index (χ4v) is 4.47. The molecule has 2 heterocycles. The first kappa shape index (κ1) is 20.1. The number of aromatic nitrogens is 1. The summed E-state index contributed by atoms with van der Waals surface area (Å²) in [5, 5.41) is 6.85. The fraction of sp³-hybridized carbons (Fsp3) is 0.261. The van der Waals surface area contributed by atoms with Crippen molar-refractivity contribution in [3.63, 3.8) is 0 Å². The summed E-state index contributed by atoms with van der Waals surface area (Å²) in [6, 6.07) is 15.7. The van der Waals surface area contributed by atoms with Gasteiger partial charge in [0.1, 0.15) is 5.75 Å². The molecular formula is C23H24N4O2S. The lowest BCUT2D eigenvalue weighted by Crippen LogP contribution is -2.30. The summed E-state index contributed by atoms with van der Waals surface area (Å²) in [6.45, 7) is 6.60. The molecule has 6 nitrogen and oxygen atoms in total. The molecule has 7 heteroatoms. The maximum absolute atomic E-state index is 13.2. The van der Waals surface area contributed by atoms with Crippen LogP contribution in [0.2, 0.25) is 0 Å². The van der Waals surface area contributed by atoms with Crippen LogP contribution in [0.1, 0.15) is 26.3 Å². The van der Waals surface area contributed by atoms with E-state index in [4.69, 9.17) is 14.8 Å². The molecule has 0 radical (unpaired) electrons. The number of methoxy groups -OCH3 is 1. The Morgan fingerprint density at radius 1 is 1.07 bits per heavy atom. The fourth-order valence-electron chi connectivity index (χ4n) is 3.52. The molecule has 0 spiro atoms. The third kappa shape index (κ3) is 3.45. The molecule has 154 valence electrons. The molecule has 1 aliphatic heterocycles. The molecule has 1 aromatic heterocycles. The average molecular weight is 421 g/mol. The number of benzene rings is 2. The second-order valence-electron chi connectivity index (χ2n) is 7.15. The third-order valence-electron chi connectivity index (χ3n) is 4.85. The molecule has 1 amide bonds. The Kier molecular flexibility index (Phi) is 5.55. The number of anilines is 1. The number of hydrogen-bond donors (Lipinski definition) is 0. The van der Waals surface area contributed by atoms with Gasteiger partial charge in [-0.05, 0) is 39.0 Å². The van der Waals surface area contributed by atoms with E-state index >= 15 is 0 Å². The molecule has 3 aromatic rings. The Hall–Kier alpha value is -3.19. The van der Waals surface area contributed by atoms with Crippen molar-refractivity contribution in [1.29, 1.82) is 0 Å². The molecule has 30 heavy (non-hydrogen) atoms. The van der Waals surface area contributed by atoms with Crippen molar-refractivity contribution in [1.82, 2.24) is 4.68 Å². The highest BCUT2D eigenvalue weighted by atomic mass is 32.1. The average Bonchev–Trinajstić information content (AvgIpc) is 3.26. The number of carbonyl (C=O) groups excluding carboxylic acids is 1. The smallest absolute Gasteiger partial charge is 0.279 e. The van der Waals surface area contributed by atoms with E-state index < -0.39 is 0 Å². The van der Waals surface area contributed by atoms with Crippen LogP contribution in [0.4, 0.5) is 5.69 Å². The first-order valence-electron chi connectivity index (χ1n) is 9.93. The van der Waals surface area contributed by atoms with E-state index in [1.807, 2.05) is 74.7 Å². The van der Waals surface area contributed by atoms with Crippen molar-refractivity contribution in [2.45, 2.75) is 26.8 Å². The SMILES string of the molecule is CCN1C(=O)C(=Nn2c(-c3ccccc3OC)csc2=NC(C)C)c2ccccc21. The van der Waals surface area contributed by atoms with Gasteiger partial charge in [0.25, 0.3) is 5.91 Å². The van der Waals surface area contributed by atoms with E-state index in [0.717, 1.165) is 33.1 Å². The Morgan fingerprint density at radius 3 is 2.47 bits per heavy atom. The van der Waals surface area contributed by atoms with E-state index in [2.05, 4.69) is 0 Å². The normalized spacial score (nSPS) is 15.4. The van der Waals surface area contributed by atoms with E-state index in [-0.39, 0.29) is 11.9 Å². The van der Waals surface area contributed by atoms with Crippen molar-refractivity contribution in [2.24, 2.45) is 10.1 Å². The largest absolute Gasteiger partial charge is 0.496 e. The van der Waals surface area contributed by atoms with Gasteiger partial charge in [-0.1, -0.05) is 30.3 Å². The Balaban J connectivity index is 1.97. The van der Waals surface area contributed by atoms with Crippen LogP contribution in [-0.4, -0.2) is 36.0 Å². The van der Waals surface area contributed by atoms with Gasteiger partial charge >= 0.3 is 0 Å². The zero-order valence-electron chi connectivity index (χ0n) is 17.5. The topological polar surface area (TPSA) is 59.2 Å². The molecule has 0 fully saturated rings. The number of nitrogens with zero attached hydrogens (tertiary/aromatic N) is 4. The van der Waals surface area contributed by atoms with Crippen molar-refractivity contribution in [2.75, 3.05) is 18.6 Å². The number of fused-ring (bicyclic) bond motifs is 1. The number of thiazole rings is 1. The van der Waals surface area contributed by atoms with E-state index in [0.29, 0.717) is 12.3 Å². The molecule has 0 atom stereocenters. The quantitative estimate of drug-likeness (QED) is 0.622. The van der Waals surface area contributed by atoms with Gasteiger partial charge in [0.15, 0.2) is 5.71 Å². The minimum absolute atomic E-state index is 0.0966.